The Morgan fingerprint density at radius 1 is 1.14 bits per heavy atom. The third-order valence-electron chi connectivity index (χ3n) is 2.65. The number of benzene rings is 2. The summed E-state index contributed by atoms with van der Waals surface area (Å²) in [6.45, 7) is 2.06. The van der Waals surface area contributed by atoms with Crippen molar-refractivity contribution in [3.63, 3.8) is 0 Å². The number of carbonyl (C=O) groups is 1. The standard InChI is InChI=1S/C15H13Cl2NO2S/c1-2-20-15(19)11-7-9(4-6-14(11)18)21-10-3-5-12(16)13(17)8-10/h3-8H,2,18H2,1H3. The summed E-state index contributed by atoms with van der Waals surface area (Å²) in [5.41, 5.74) is 6.57. The first-order chi connectivity index (χ1) is 10.0. The molecule has 0 aliphatic heterocycles. The van der Waals surface area contributed by atoms with E-state index in [1.165, 1.54) is 11.8 Å². The maximum absolute atomic E-state index is 11.8. The highest BCUT2D eigenvalue weighted by molar-refractivity contribution is 7.99. The van der Waals surface area contributed by atoms with Crippen molar-refractivity contribution >= 4 is 46.6 Å². The van der Waals surface area contributed by atoms with Gasteiger partial charge in [-0.25, -0.2) is 4.79 Å². The van der Waals surface area contributed by atoms with Gasteiger partial charge in [-0.3, -0.25) is 0 Å². The van der Waals surface area contributed by atoms with Crippen LogP contribution in [0.25, 0.3) is 0 Å². The fraction of sp³-hybridized carbons (Fsp3) is 0.133. The molecule has 6 heteroatoms. The lowest BCUT2D eigenvalue weighted by molar-refractivity contribution is 0.0527. The minimum Gasteiger partial charge on any atom is -0.462 e. The van der Waals surface area contributed by atoms with Gasteiger partial charge >= 0.3 is 5.97 Å². The van der Waals surface area contributed by atoms with Crippen LogP contribution in [0.4, 0.5) is 5.69 Å². The molecule has 0 radical (unpaired) electrons. The maximum atomic E-state index is 11.8. The molecule has 0 bridgehead atoms. The van der Waals surface area contributed by atoms with Crippen LogP contribution in [0.3, 0.4) is 0 Å². The first-order valence-corrected chi connectivity index (χ1v) is 7.78. The fourth-order valence-corrected chi connectivity index (χ4v) is 2.92. The monoisotopic (exact) mass is 341 g/mol. The van der Waals surface area contributed by atoms with Gasteiger partial charge in [0.15, 0.2) is 0 Å². The van der Waals surface area contributed by atoms with Crippen LogP contribution in [0.5, 0.6) is 0 Å². The molecule has 0 saturated carbocycles. The minimum atomic E-state index is -0.424. The average molecular weight is 342 g/mol. The van der Waals surface area contributed by atoms with E-state index in [0.29, 0.717) is 27.9 Å². The molecular formula is C15H13Cl2NO2S. The van der Waals surface area contributed by atoms with Crippen LogP contribution in [-0.2, 0) is 4.74 Å². The third-order valence-corrected chi connectivity index (χ3v) is 4.37. The molecule has 2 rings (SSSR count). The van der Waals surface area contributed by atoms with Gasteiger partial charge in [-0.1, -0.05) is 35.0 Å². The molecule has 0 aliphatic carbocycles. The molecule has 0 fully saturated rings. The van der Waals surface area contributed by atoms with Crippen LogP contribution >= 0.6 is 35.0 Å². The quantitative estimate of drug-likeness (QED) is 0.634. The molecule has 0 amide bonds. The van der Waals surface area contributed by atoms with E-state index in [0.717, 1.165) is 9.79 Å². The maximum Gasteiger partial charge on any atom is 0.340 e. The van der Waals surface area contributed by atoms with Crippen molar-refractivity contribution in [3.8, 4) is 0 Å². The van der Waals surface area contributed by atoms with Gasteiger partial charge in [0.2, 0.25) is 0 Å². The Morgan fingerprint density at radius 3 is 2.48 bits per heavy atom. The fourth-order valence-electron chi connectivity index (χ4n) is 1.66. The van der Waals surface area contributed by atoms with Crippen molar-refractivity contribution in [1.82, 2.24) is 0 Å². The molecule has 0 aliphatic rings. The molecule has 0 saturated heterocycles. The molecule has 0 atom stereocenters. The zero-order chi connectivity index (χ0) is 15.4. The van der Waals surface area contributed by atoms with Gasteiger partial charge < -0.3 is 10.5 Å². The van der Waals surface area contributed by atoms with Gasteiger partial charge in [0.05, 0.1) is 22.2 Å². The predicted octanol–water partition coefficient (Wildman–Crippen LogP) is 4.90. The van der Waals surface area contributed by atoms with Gasteiger partial charge in [-0.2, -0.15) is 0 Å². The number of anilines is 1. The van der Waals surface area contributed by atoms with Gasteiger partial charge in [-0.05, 0) is 43.3 Å². The Bertz CT molecular complexity index is 677. The molecule has 0 unspecified atom stereocenters. The van der Waals surface area contributed by atoms with Crippen LogP contribution < -0.4 is 5.73 Å². The van der Waals surface area contributed by atoms with Crippen molar-refractivity contribution in [1.29, 1.82) is 0 Å². The van der Waals surface area contributed by atoms with Crippen molar-refractivity contribution in [3.05, 3.63) is 52.0 Å². The zero-order valence-corrected chi connectivity index (χ0v) is 13.6. The Kier molecular flexibility index (Phi) is 5.39. The number of nitrogens with two attached hydrogens (primary N) is 1. The smallest absolute Gasteiger partial charge is 0.340 e. The first kappa shape index (κ1) is 16.0. The van der Waals surface area contributed by atoms with E-state index >= 15 is 0 Å². The summed E-state index contributed by atoms with van der Waals surface area (Å²) in [4.78, 5) is 13.6. The number of carbonyl (C=O) groups excluding carboxylic acids is 1. The summed E-state index contributed by atoms with van der Waals surface area (Å²) in [5.74, 6) is -0.424. The van der Waals surface area contributed by atoms with Crippen molar-refractivity contribution in [2.45, 2.75) is 16.7 Å². The topological polar surface area (TPSA) is 52.3 Å². The van der Waals surface area contributed by atoms with Crippen molar-refractivity contribution in [2.24, 2.45) is 0 Å². The van der Waals surface area contributed by atoms with E-state index in [1.807, 2.05) is 12.1 Å². The van der Waals surface area contributed by atoms with E-state index in [4.69, 9.17) is 33.7 Å². The second-order valence-electron chi connectivity index (χ2n) is 4.15. The van der Waals surface area contributed by atoms with E-state index in [-0.39, 0.29) is 0 Å². The van der Waals surface area contributed by atoms with Gasteiger partial charge in [0.25, 0.3) is 0 Å². The minimum absolute atomic E-state index is 0.308. The summed E-state index contributed by atoms with van der Waals surface area (Å²) in [7, 11) is 0. The molecule has 2 N–H and O–H groups in total. The number of hydrogen-bond acceptors (Lipinski definition) is 4. The number of nitrogen functional groups attached to an aromatic ring is 1. The lowest BCUT2D eigenvalue weighted by Gasteiger charge is -2.08. The average Bonchev–Trinajstić information content (AvgIpc) is 2.45. The van der Waals surface area contributed by atoms with Crippen LogP contribution in [-0.4, -0.2) is 12.6 Å². The van der Waals surface area contributed by atoms with Crippen molar-refractivity contribution in [2.75, 3.05) is 12.3 Å². The third kappa shape index (κ3) is 4.06. The van der Waals surface area contributed by atoms with Crippen LogP contribution in [0.15, 0.2) is 46.2 Å². The van der Waals surface area contributed by atoms with E-state index < -0.39 is 5.97 Å². The summed E-state index contributed by atoms with van der Waals surface area (Å²) < 4.78 is 4.98. The second kappa shape index (κ2) is 7.07. The number of esters is 1. The molecular weight excluding hydrogens is 329 g/mol. The number of rotatable bonds is 4. The lowest BCUT2D eigenvalue weighted by atomic mass is 10.2. The summed E-state index contributed by atoms with van der Waals surface area (Å²) in [6, 6.07) is 10.6. The summed E-state index contributed by atoms with van der Waals surface area (Å²) in [5, 5.41) is 0.994. The zero-order valence-electron chi connectivity index (χ0n) is 11.2. The van der Waals surface area contributed by atoms with Gasteiger partial charge in [-0.15, -0.1) is 0 Å². The highest BCUT2D eigenvalue weighted by atomic mass is 35.5. The molecule has 21 heavy (non-hydrogen) atoms. The second-order valence-corrected chi connectivity index (χ2v) is 6.11. The van der Waals surface area contributed by atoms with Gasteiger partial charge in [0, 0.05) is 15.5 Å². The van der Waals surface area contributed by atoms with Crippen molar-refractivity contribution < 1.29 is 9.53 Å². The number of ether oxygens (including phenoxy) is 1. The Labute approximate surface area is 137 Å². The molecule has 0 aromatic heterocycles. The van der Waals surface area contributed by atoms with E-state index in [2.05, 4.69) is 0 Å². The molecule has 2 aromatic rings. The van der Waals surface area contributed by atoms with Crippen LogP contribution in [0.2, 0.25) is 10.0 Å². The number of hydrogen-bond donors (Lipinski definition) is 1. The predicted molar refractivity (Wildman–Crippen MR) is 87.4 cm³/mol. The lowest BCUT2D eigenvalue weighted by Crippen LogP contribution is -2.07. The Morgan fingerprint density at radius 2 is 1.81 bits per heavy atom. The Balaban J connectivity index is 2.26. The van der Waals surface area contributed by atoms with Crippen LogP contribution in [0.1, 0.15) is 17.3 Å². The SMILES string of the molecule is CCOC(=O)c1cc(Sc2ccc(Cl)c(Cl)c2)ccc1N. The molecule has 2 aromatic carbocycles. The summed E-state index contributed by atoms with van der Waals surface area (Å²) in [6.07, 6.45) is 0. The van der Waals surface area contributed by atoms with E-state index in [1.54, 1.807) is 31.2 Å². The highest BCUT2D eigenvalue weighted by Gasteiger charge is 2.12. The molecule has 110 valence electrons. The Hall–Kier alpha value is -1.36. The molecule has 3 nitrogen and oxygen atoms in total. The molecule has 0 heterocycles. The largest absolute Gasteiger partial charge is 0.462 e. The number of halogens is 2. The normalized spacial score (nSPS) is 10.4. The van der Waals surface area contributed by atoms with Crippen LogP contribution in [0, 0.1) is 0 Å². The summed E-state index contributed by atoms with van der Waals surface area (Å²) >= 11 is 13.3. The highest BCUT2D eigenvalue weighted by Crippen LogP contribution is 2.33. The van der Waals surface area contributed by atoms with E-state index in [9.17, 15) is 4.79 Å². The molecule has 0 spiro atoms. The first-order valence-electron chi connectivity index (χ1n) is 6.20. The van der Waals surface area contributed by atoms with Gasteiger partial charge in [0.1, 0.15) is 0 Å².